The lowest BCUT2D eigenvalue weighted by molar-refractivity contribution is 0.448. The summed E-state index contributed by atoms with van der Waals surface area (Å²) in [5.41, 5.74) is 2.66. The largest absolute Gasteiger partial charge is 0.361 e. The van der Waals surface area contributed by atoms with Crippen LogP contribution in [-0.4, -0.2) is 11.0 Å². The zero-order valence-electron chi connectivity index (χ0n) is 11.8. The highest BCUT2D eigenvalue weighted by atomic mass is 14.9. The lowest BCUT2D eigenvalue weighted by Crippen LogP contribution is -2.28. The zero-order valence-corrected chi connectivity index (χ0v) is 11.8. The number of aromatic nitrogens is 1. The summed E-state index contributed by atoms with van der Waals surface area (Å²) in [5.74, 6) is 0.917. The zero-order chi connectivity index (χ0) is 13.1. The highest BCUT2D eigenvalue weighted by Gasteiger charge is 2.15. The topological polar surface area (TPSA) is 27.8 Å². The van der Waals surface area contributed by atoms with Crippen LogP contribution >= 0.6 is 0 Å². The molecule has 1 aliphatic rings. The SMILES string of the molecule is CC1CCCC(NCc2cccc3[nH]ccc23)CC1. The van der Waals surface area contributed by atoms with E-state index < -0.39 is 0 Å². The molecule has 2 aromatic rings. The van der Waals surface area contributed by atoms with Gasteiger partial charge in [-0.2, -0.15) is 0 Å². The monoisotopic (exact) mass is 256 g/mol. The van der Waals surface area contributed by atoms with Crippen LogP contribution in [0.15, 0.2) is 30.5 Å². The van der Waals surface area contributed by atoms with E-state index in [1.54, 1.807) is 0 Å². The Hall–Kier alpha value is -1.28. The first-order valence-electron chi connectivity index (χ1n) is 7.61. The van der Waals surface area contributed by atoms with Crippen LogP contribution < -0.4 is 5.32 Å². The predicted molar refractivity (Wildman–Crippen MR) is 81.2 cm³/mol. The highest BCUT2D eigenvalue weighted by Crippen LogP contribution is 2.23. The predicted octanol–water partition coefficient (Wildman–Crippen LogP) is 4.23. The number of H-pyrrole nitrogens is 1. The van der Waals surface area contributed by atoms with Crippen molar-refractivity contribution in [1.82, 2.24) is 10.3 Å². The number of hydrogen-bond donors (Lipinski definition) is 2. The Kier molecular flexibility index (Phi) is 3.88. The molecule has 2 nitrogen and oxygen atoms in total. The summed E-state index contributed by atoms with van der Waals surface area (Å²) in [5, 5.41) is 5.12. The molecule has 0 aliphatic heterocycles. The summed E-state index contributed by atoms with van der Waals surface area (Å²) in [7, 11) is 0. The van der Waals surface area contributed by atoms with Crippen LogP contribution in [0.5, 0.6) is 0 Å². The average Bonchev–Trinajstić information content (AvgIpc) is 2.81. The summed E-state index contributed by atoms with van der Waals surface area (Å²) >= 11 is 0. The van der Waals surface area contributed by atoms with Crippen molar-refractivity contribution in [1.29, 1.82) is 0 Å². The third-order valence-electron chi connectivity index (χ3n) is 4.52. The van der Waals surface area contributed by atoms with Crippen molar-refractivity contribution >= 4 is 10.9 Å². The quantitative estimate of drug-likeness (QED) is 0.790. The number of rotatable bonds is 3. The Bertz CT molecular complexity index is 529. The second kappa shape index (κ2) is 5.79. The van der Waals surface area contributed by atoms with Gasteiger partial charge < -0.3 is 10.3 Å². The standard InChI is InChI=1S/C17H24N2/c1-13-4-2-6-15(9-8-13)19-12-14-5-3-7-17-16(14)10-11-18-17/h3,5,7,10-11,13,15,18-19H,2,4,6,8-9,12H2,1H3. The van der Waals surface area contributed by atoms with E-state index in [1.807, 2.05) is 6.20 Å². The first-order valence-corrected chi connectivity index (χ1v) is 7.61. The van der Waals surface area contributed by atoms with Gasteiger partial charge in [-0.15, -0.1) is 0 Å². The van der Waals surface area contributed by atoms with E-state index in [0.29, 0.717) is 6.04 Å². The molecular weight excluding hydrogens is 232 g/mol. The van der Waals surface area contributed by atoms with Gasteiger partial charge in [0, 0.05) is 29.7 Å². The van der Waals surface area contributed by atoms with Crippen molar-refractivity contribution in [3.8, 4) is 0 Å². The summed E-state index contributed by atoms with van der Waals surface area (Å²) in [4.78, 5) is 3.29. The van der Waals surface area contributed by atoms with Crippen molar-refractivity contribution in [3.63, 3.8) is 0 Å². The fourth-order valence-corrected chi connectivity index (χ4v) is 3.25. The first kappa shape index (κ1) is 12.7. The van der Waals surface area contributed by atoms with Gasteiger partial charge in [0.2, 0.25) is 0 Å². The minimum Gasteiger partial charge on any atom is -0.361 e. The molecule has 0 saturated heterocycles. The highest BCUT2D eigenvalue weighted by molar-refractivity contribution is 5.82. The number of fused-ring (bicyclic) bond motifs is 1. The van der Waals surface area contributed by atoms with Crippen LogP contribution in [0.25, 0.3) is 10.9 Å². The van der Waals surface area contributed by atoms with Crippen LogP contribution in [0.2, 0.25) is 0 Å². The molecule has 1 saturated carbocycles. The molecule has 0 amide bonds. The van der Waals surface area contributed by atoms with E-state index in [9.17, 15) is 0 Å². The summed E-state index contributed by atoms with van der Waals surface area (Å²) in [6, 6.07) is 9.42. The Balaban J connectivity index is 1.64. The van der Waals surface area contributed by atoms with Crippen molar-refractivity contribution in [2.45, 2.75) is 51.6 Å². The second-order valence-corrected chi connectivity index (χ2v) is 6.05. The van der Waals surface area contributed by atoms with Gasteiger partial charge in [0.25, 0.3) is 0 Å². The lowest BCUT2D eigenvalue weighted by Gasteiger charge is -2.16. The smallest absolute Gasteiger partial charge is 0.0457 e. The van der Waals surface area contributed by atoms with E-state index in [0.717, 1.165) is 12.5 Å². The van der Waals surface area contributed by atoms with Crippen LogP contribution in [-0.2, 0) is 6.54 Å². The van der Waals surface area contributed by atoms with Crippen molar-refractivity contribution < 1.29 is 0 Å². The Labute approximate surface area is 115 Å². The first-order chi connectivity index (χ1) is 9.33. The maximum Gasteiger partial charge on any atom is 0.0457 e. The van der Waals surface area contributed by atoms with E-state index >= 15 is 0 Å². The fourth-order valence-electron chi connectivity index (χ4n) is 3.25. The van der Waals surface area contributed by atoms with Crippen LogP contribution in [0.3, 0.4) is 0 Å². The summed E-state index contributed by atoms with van der Waals surface area (Å²) < 4.78 is 0. The molecule has 19 heavy (non-hydrogen) atoms. The number of hydrogen-bond acceptors (Lipinski definition) is 1. The van der Waals surface area contributed by atoms with E-state index in [-0.39, 0.29) is 0 Å². The Morgan fingerprint density at radius 2 is 2.11 bits per heavy atom. The van der Waals surface area contributed by atoms with Gasteiger partial charge in [-0.1, -0.05) is 31.9 Å². The molecule has 102 valence electrons. The molecule has 2 atom stereocenters. The molecule has 1 heterocycles. The van der Waals surface area contributed by atoms with Gasteiger partial charge in [0.15, 0.2) is 0 Å². The Morgan fingerprint density at radius 1 is 1.16 bits per heavy atom. The second-order valence-electron chi connectivity index (χ2n) is 6.05. The number of aromatic amines is 1. The summed E-state index contributed by atoms with van der Waals surface area (Å²) in [6.07, 6.45) is 8.88. The third kappa shape index (κ3) is 3.01. The molecule has 1 aromatic carbocycles. The molecule has 3 rings (SSSR count). The van der Waals surface area contributed by atoms with Gasteiger partial charge in [-0.3, -0.25) is 0 Å². The molecule has 2 N–H and O–H groups in total. The van der Waals surface area contributed by atoms with Gasteiger partial charge in [0.1, 0.15) is 0 Å². The van der Waals surface area contributed by atoms with E-state index in [2.05, 4.69) is 41.5 Å². The molecule has 0 bridgehead atoms. The molecule has 0 spiro atoms. The molecule has 0 radical (unpaired) electrons. The number of benzene rings is 1. The minimum atomic E-state index is 0.708. The summed E-state index contributed by atoms with van der Waals surface area (Å²) in [6.45, 7) is 3.39. The van der Waals surface area contributed by atoms with Crippen LogP contribution in [0.1, 0.15) is 44.6 Å². The third-order valence-corrected chi connectivity index (χ3v) is 4.52. The lowest BCUT2D eigenvalue weighted by atomic mass is 10.0. The van der Waals surface area contributed by atoms with E-state index in [4.69, 9.17) is 0 Å². The van der Waals surface area contributed by atoms with Crippen molar-refractivity contribution in [3.05, 3.63) is 36.0 Å². The van der Waals surface area contributed by atoms with Crippen molar-refractivity contribution in [2.75, 3.05) is 0 Å². The van der Waals surface area contributed by atoms with E-state index in [1.165, 1.54) is 48.6 Å². The molecule has 1 fully saturated rings. The fraction of sp³-hybridized carbons (Fsp3) is 0.529. The Morgan fingerprint density at radius 3 is 3.05 bits per heavy atom. The average molecular weight is 256 g/mol. The maximum atomic E-state index is 3.77. The maximum absolute atomic E-state index is 3.77. The molecule has 2 heteroatoms. The molecular formula is C17H24N2. The van der Waals surface area contributed by atoms with Crippen molar-refractivity contribution in [2.24, 2.45) is 5.92 Å². The number of nitrogens with one attached hydrogen (secondary N) is 2. The normalized spacial score (nSPS) is 24.5. The van der Waals surface area contributed by atoms with Gasteiger partial charge in [-0.25, -0.2) is 0 Å². The van der Waals surface area contributed by atoms with Gasteiger partial charge in [0.05, 0.1) is 0 Å². The van der Waals surface area contributed by atoms with Crippen LogP contribution in [0, 0.1) is 5.92 Å². The molecule has 1 aliphatic carbocycles. The van der Waals surface area contributed by atoms with Gasteiger partial charge in [-0.05, 0) is 42.9 Å². The molecule has 2 unspecified atom stereocenters. The molecule has 1 aromatic heterocycles. The minimum absolute atomic E-state index is 0.708. The van der Waals surface area contributed by atoms with Gasteiger partial charge >= 0.3 is 0 Å². The van der Waals surface area contributed by atoms with Crippen LogP contribution in [0.4, 0.5) is 0 Å².